The fourth-order valence-corrected chi connectivity index (χ4v) is 2.34. The summed E-state index contributed by atoms with van der Waals surface area (Å²) in [4.78, 5) is 4.37. The Balaban J connectivity index is 2.12. The fraction of sp³-hybridized carbons (Fsp3) is 0.125. The van der Waals surface area contributed by atoms with Crippen LogP contribution in [0.3, 0.4) is 0 Å². The van der Waals surface area contributed by atoms with Gasteiger partial charge in [0.05, 0.1) is 30.1 Å². The number of aromatic nitrogens is 2. The zero-order chi connectivity index (χ0) is 14.8. The molecule has 0 atom stereocenters. The van der Waals surface area contributed by atoms with Crippen LogP contribution in [0.1, 0.15) is 11.4 Å². The number of nitriles is 1. The van der Waals surface area contributed by atoms with Gasteiger partial charge in [-0.15, -0.1) is 0 Å². The SMILES string of the molecule is N#CCc1nc2ccccc2n1Cc1cc(F)ccc1F. The van der Waals surface area contributed by atoms with Crippen molar-refractivity contribution in [3.8, 4) is 6.07 Å². The molecule has 0 saturated heterocycles. The van der Waals surface area contributed by atoms with Crippen LogP contribution in [0.2, 0.25) is 0 Å². The van der Waals surface area contributed by atoms with E-state index in [4.69, 9.17) is 5.26 Å². The summed E-state index contributed by atoms with van der Waals surface area (Å²) in [6, 6.07) is 12.8. The summed E-state index contributed by atoms with van der Waals surface area (Å²) in [5.41, 5.74) is 1.77. The molecule has 21 heavy (non-hydrogen) atoms. The van der Waals surface area contributed by atoms with Gasteiger partial charge >= 0.3 is 0 Å². The zero-order valence-corrected chi connectivity index (χ0v) is 11.1. The Morgan fingerprint density at radius 1 is 1.14 bits per heavy atom. The molecule has 0 amide bonds. The number of rotatable bonds is 3. The van der Waals surface area contributed by atoms with Gasteiger partial charge in [0.1, 0.15) is 17.5 Å². The van der Waals surface area contributed by atoms with Crippen LogP contribution in [-0.2, 0) is 13.0 Å². The van der Waals surface area contributed by atoms with Gasteiger partial charge < -0.3 is 4.57 Å². The molecule has 2 aromatic carbocycles. The molecule has 1 aromatic heterocycles. The summed E-state index contributed by atoms with van der Waals surface area (Å²) in [7, 11) is 0. The molecule has 0 aliphatic carbocycles. The van der Waals surface area contributed by atoms with Gasteiger partial charge in [0.2, 0.25) is 0 Å². The van der Waals surface area contributed by atoms with Crippen molar-refractivity contribution in [3.05, 3.63) is 65.5 Å². The Hall–Kier alpha value is -2.74. The normalized spacial score (nSPS) is 10.7. The van der Waals surface area contributed by atoms with Crippen LogP contribution in [0, 0.1) is 23.0 Å². The topological polar surface area (TPSA) is 41.6 Å². The van der Waals surface area contributed by atoms with Crippen LogP contribution in [0.5, 0.6) is 0 Å². The van der Waals surface area contributed by atoms with Crippen LogP contribution >= 0.6 is 0 Å². The first-order valence-corrected chi connectivity index (χ1v) is 6.44. The molecule has 0 N–H and O–H groups in total. The van der Waals surface area contributed by atoms with E-state index in [1.807, 2.05) is 30.3 Å². The van der Waals surface area contributed by atoms with E-state index in [0.717, 1.165) is 23.2 Å². The highest BCUT2D eigenvalue weighted by Crippen LogP contribution is 2.20. The molecule has 0 bridgehead atoms. The summed E-state index contributed by atoms with van der Waals surface area (Å²) in [5.74, 6) is -0.419. The highest BCUT2D eigenvalue weighted by molar-refractivity contribution is 5.76. The fourth-order valence-electron chi connectivity index (χ4n) is 2.34. The highest BCUT2D eigenvalue weighted by atomic mass is 19.1. The van der Waals surface area contributed by atoms with Crippen molar-refractivity contribution in [3.63, 3.8) is 0 Å². The van der Waals surface area contributed by atoms with Crippen molar-refractivity contribution in [2.45, 2.75) is 13.0 Å². The third kappa shape index (κ3) is 2.48. The van der Waals surface area contributed by atoms with Crippen LogP contribution < -0.4 is 0 Å². The summed E-state index contributed by atoms with van der Waals surface area (Å²) in [6.45, 7) is 0.140. The predicted octanol–water partition coefficient (Wildman–Crippen LogP) is 3.43. The molecule has 0 unspecified atom stereocenters. The molecular formula is C16H11F2N3. The van der Waals surface area contributed by atoms with Crippen molar-refractivity contribution < 1.29 is 8.78 Å². The lowest BCUT2D eigenvalue weighted by Crippen LogP contribution is -2.06. The molecule has 0 aliphatic rings. The lowest BCUT2D eigenvalue weighted by Gasteiger charge is -2.09. The quantitative estimate of drug-likeness (QED) is 0.739. The monoisotopic (exact) mass is 283 g/mol. The molecule has 3 aromatic rings. The third-order valence-electron chi connectivity index (χ3n) is 3.31. The maximum Gasteiger partial charge on any atom is 0.128 e. The van der Waals surface area contributed by atoms with Crippen molar-refractivity contribution >= 4 is 11.0 Å². The lowest BCUT2D eigenvalue weighted by molar-refractivity contribution is 0.576. The van der Waals surface area contributed by atoms with Gasteiger partial charge in [-0.2, -0.15) is 5.26 Å². The van der Waals surface area contributed by atoms with Crippen molar-refractivity contribution in [2.75, 3.05) is 0 Å². The average molecular weight is 283 g/mol. The van der Waals surface area contributed by atoms with Crippen LogP contribution in [-0.4, -0.2) is 9.55 Å². The number of hydrogen-bond acceptors (Lipinski definition) is 2. The first-order valence-electron chi connectivity index (χ1n) is 6.44. The Labute approximate surface area is 120 Å². The van der Waals surface area contributed by atoms with Crippen molar-refractivity contribution in [1.29, 1.82) is 5.26 Å². The van der Waals surface area contributed by atoms with Crippen molar-refractivity contribution in [2.24, 2.45) is 0 Å². The summed E-state index contributed by atoms with van der Waals surface area (Å²) < 4.78 is 28.9. The number of para-hydroxylation sites is 2. The van der Waals surface area contributed by atoms with E-state index in [0.29, 0.717) is 5.82 Å². The van der Waals surface area contributed by atoms with Gasteiger partial charge in [-0.25, -0.2) is 13.8 Å². The number of benzene rings is 2. The van der Waals surface area contributed by atoms with E-state index in [1.165, 1.54) is 6.07 Å². The Morgan fingerprint density at radius 3 is 2.76 bits per heavy atom. The van der Waals surface area contributed by atoms with Gasteiger partial charge in [-0.05, 0) is 30.3 Å². The largest absolute Gasteiger partial charge is 0.322 e. The Bertz CT molecular complexity index is 846. The number of halogens is 2. The second-order valence-corrected chi connectivity index (χ2v) is 4.67. The van der Waals surface area contributed by atoms with E-state index in [9.17, 15) is 8.78 Å². The molecule has 104 valence electrons. The van der Waals surface area contributed by atoms with Crippen molar-refractivity contribution in [1.82, 2.24) is 9.55 Å². The number of fused-ring (bicyclic) bond motifs is 1. The second-order valence-electron chi connectivity index (χ2n) is 4.67. The summed E-state index contributed by atoms with van der Waals surface area (Å²) >= 11 is 0. The molecule has 0 radical (unpaired) electrons. The molecule has 0 saturated carbocycles. The molecule has 0 aliphatic heterocycles. The van der Waals surface area contributed by atoms with Gasteiger partial charge in [-0.3, -0.25) is 0 Å². The molecule has 3 nitrogen and oxygen atoms in total. The van der Waals surface area contributed by atoms with E-state index < -0.39 is 11.6 Å². The maximum absolute atomic E-state index is 13.8. The number of imidazole rings is 1. The first kappa shape index (κ1) is 13.3. The minimum absolute atomic E-state index is 0.117. The summed E-state index contributed by atoms with van der Waals surface area (Å²) in [6.07, 6.45) is 0.117. The lowest BCUT2D eigenvalue weighted by atomic mass is 10.2. The van der Waals surface area contributed by atoms with Crippen LogP contribution in [0.25, 0.3) is 11.0 Å². The third-order valence-corrected chi connectivity index (χ3v) is 3.31. The molecule has 1 heterocycles. The standard InChI is InChI=1S/C16H11F2N3/c17-12-5-6-13(18)11(9-12)10-21-15-4-2-1-3-14(15)20-16(21)7-8-19/h1-6,9H,7,10H2. The maximum atomic E-state index is 13.8. The van der Waals surface area contributed by atoms with E-state index in [-0.39, 0.29) is 18.5 Å². The van der Waals surface area contributed by atoms with E-state index in [2.05, 4.69) is 4.98 Å². The highest BCUT2D eigenvalue weighted by Gasteiger charge is 2.13. The summed E-state index contributed by atoms with van der Waals surface area (Å²) in [5, 5.41) is 8.90. The van der Waals surface area contributed by atoms with Gasteiger partial charge in [0, 0.05) is 5.56 Å². The predicted molar refractivity (Wildman–Crippen MR) is 74.5 cm³/mol. The molecule has 3 rings (SSSR count). The van der Waals surface area contributed by atoms with E-state index in [1.54, 1.807) is 4.57 Å². The minimum Gasteiger partial charge on any atom is -0.322 e. The average Bonchev–Trinajstić information content (AvgIpc) is 2.81. The van der Waals surface area contributed by atoms with Gasteiger partial charge in [0.15, 0.2) is 0 Å². The Morgan fingerprint density at radius 2 is 1.95 bits per heavy atom. The molecular weight excluding hydrogens is 272 g/mol. The number of nitrogens with zero attached hydrogens (tertiary/aromatic N) is 3. The molecule has 5 heteroatoms. The molecule has 0 fully saturated rings. The smallest absolute Gasteiger partial charge is 0.128 e. The minimum atomic E-state index is -0.488. The van der Waals surface area contributed by atoms with Gasteiger partial charge in [-0.1, -0.05) is 12.1 Å². The van der Waals surface area contributed by atoms with Crippen LogP contribution in [0.4, 0.5) is 8.78 Å². The van der Waals surface area contributed by atoms with Crippen LogP contribution in [0.15, 0.2) is 42.5 Å². The number of hydrogen-bond donors (Lipinski definition) is 0. The van der Waals surface area contributed by atoms with Gasteiger partial charge in [0.25, 0.3) is 0 Å². The molecule has 0 spiro atoms. The second kappa shape index (κ2) is 5.33. The van der Waals surface area contributed by atoms with E-state index >= 15 is 0 Å². The first-order chi connectivity index (χ1) is 10.2. The Kier molecular flexibility index (Phi) is 3.36. The zero-order valence-electron chi connectivity index (χ0n) is 11.1.